The Kier molecular flexibility index (Phi) is 7.52. The van der Waals surface area contributed by atoms with Crippen LogP contribution in [0.3, 0.4) is 0 Å². The Morgan fingerprint density at radius 2 is 0.817 bits per heavy atom. The van der Waals surface area contributed by atoms with Gasteiger partial charge in [-0.05, 0) is 115 Å². The molecule has 2 aliphatic carbocycles. The van der Waals surface area contributed by atoms with Gasteiger partial charge in [-0.1, -0.05) is 178 Å². The summed E-state index contributed by atoms with van der Waals surface area (Å²) in [4.78, 5) is 2.46. The van der Waals surface area contributed by atoms with Crippen LogP contribution in [-0.2, 0) is 10.8 Å². The standard InChI is InChI=1S/C58H41NO/c1-57(2)49-23-11-9-20-45(49)47-34-32-42(36-52(47)57)59(41-30-28-39(29-31-41)38-16-5-3-6-17-38)43-33-35-48-46-21-10-12-24-50(46)58(53(48)37-43)51-25-13-14-26-54(51)60-55-27-15-22-44(56(55)58)40-18-7-4-8-19-40/h3-37H,1-2H3. The first-order chi connectivity index (χ1) is 29.5. The van der Waals surface area contributed by atoms with E-state index in [1.165, 1.54) is 72.3 Å². The van der Waals surface area contributed by atoms with Gasteiger partial charge in [0.25, 0.3) is 0 Å². The van der Waals surface area contributed by atoms with E-state index in [0.29, 0.717) is 0 Å². The van der Waals surface area contributed by atoms with Crippen molar-refractivity contribution >= 4 is 17.1 Å². The lowest BCUT2D eigenvalue weighted by molar-refractivity contribution is 0.437. The first-order valence-electron chi connectivity index (χ1n) is 20.9. The van der Waals surface area contributed by atoms with Gasteiger partial charge in [-0.2, -0.15) is 0 Å². The van der Waals surface area contributed by atoms with Gasteiger partial charge < -0.3 is 9.64 Å². The molecule has 1 spiro atoms. The fourth-order valence-corrected chi connectivity index (χ4v) is 10.7. The molecule has 0 radical (unpaired) electrons. The van der Waals surface area contributed by atoms with Crippen molar-refractivity contribution in [3.63, 3.8) is 0 Å². The third-order valence-electron chi connectivity index (χ3n) is 13.3. The van der Waals surface area contributed by atoms with Crippen molar-refractivity contribution in [1.29, 1.82) is 0 Å². The molecule has 2 nitrogen and oxygen atoms in total. The van der Waals surface area contributed by atoms with Crippen LogP contribution >= 0.6 is 0 Å². The third-order valence-corrected chi connectivity index (χ3v) is 13.3. The Labute approximate surface area is 351 Å². The zero-order valence-corrected chi connectivity index (χ0v) is 33.6. The fourth-order valence-electron chi connectivity index (χ4n) is 10.7. The van der Waals surface area contributed by atoms with Gasteiger partial charge in [0.15, 0.2) is 0 Å². The zero-order valence-electron chi connectivity index (χ0n) is 33.6. The van der Waals surface area contributed by atoms with Crippen LogP contribution in [0.25, 0.3) is 44.5 Å². The predicted molar refractivity (Wildman–Crippen MR) is 247 cm³/mol. The second-order valence-electron chi connectivity index (χ2n) is 16.8. The molecule has 1 unspecified atom stereocenters. The molecule has 0 amide bonds. The van der Waals surface area contributed by atoms with Crippen molar-refractivity contribution in [2.75, 3.05) is 4.90 Å². The SMILES string of the molecule is CC1(C)c2ccccc2-c2ccc(N(c3ccc(-c4ccccc4)cc3)c3ccc4c(c3)C3(c5ccccc5Oc5cccc(-c6ccccc6)c53)c3ccccc3-4)cc21. The summed E-state index contributed by atoms with van der Waals surface area (Å²) in [7, 11) is 0. The smallest absolute Gasteiger partial charge is 0.132 e. The summed E-state index contributed by atoms with van der Waals surface area (Å²) < 4.78 is 6.90. The Bertz CT molecular complexity index is 3150. The van der Waals surface area contributed by atoms with E-state index in [1.54, 1.807) is 0 Å². The number of nitrogens with zero attached hydrogens (tertiary/aromatic N) is 1. The minimum Gasteiger partial charge on any atom is -0.457 e. The van der Waals surface area contributed by atoms with Crippen molar-refractivity contribution < 1.29 is 4.74 Å². The molecule has 0 aromatic heterocycles. The predicted octanol–water partition coefficient (Wildman–Crippen LogP) is 15.3. The van der Waals surface area contributed by atoms with Gasteiger partial charge in [-0.15, -0.1) is 0 Å². The zero-order chi connectivity index (χ0) is 40.0. The van der Waals surface area contributed by atoms with Gasteiger partial charge in [0.2, 0.25) is 0 Å². The first-order valence-corrected chi connectivity index (χ1v) is 20.9. The lowest BCUT2D eigenvalue weighted by Gasteiger charge is -2.41. The van der Waals surface area contributed by atoms with Gasteiger partial charge in [0.05, 0.1) is 5.41 Å². The Hall–Kier alpha value is -7.42. The lowest BCUT2D eigenvalue weighted by atomic mass is 9.64. The van der Waals surface area contributed by atoms with Crippen LogP contribution in [-0.4, -0.2) is 0 Å². The van der Waals surface area contributed by atoms with Gasteiger partial charge in [0, 0.05) is 33.6 Å². The monoisotopic (exact) mass is 767 g/mol. The maximum Gasteiger partial charge on any atom is 0.132 e. The van der Waals surface area contributed by atoms with Crippen LogP contribution in [0.5, 0.6) is 11.5 Å². The minimum atomic E-state index is -0.650. The molecule has 60 heavy (non-hydrogen) atoms. The van der Waals surface area contributed by atoms with Crippen molar-refractivity contribution in [2.45, 2.75) is 24.7 Å². The number of hydrogen-bond donors (Lipinski definition) is 0. The molecule has 9 aromatic rings. The number of rotatable bonds is 5. The molecule has 1 heterocycles. The molecule has 1 aliphatic heterocycles. The second-order valence-corrected chi connectivity index (χ2v) is 16.8. The summed E-state index contributed by atoms with van der Waals surface area (Å²) >= 11 is 0. The van der Waals surface area contributed by atoms with E-state index in [-0.39, 0.29) is 5.41 Å². The van der Waals surface area contributed by atoms with Crippen LogP contribution in [0.2, 0.25) is 0 Å². The molecular weight excluding hydrogens is 727 g/mol. The molecule has 9 aromatic carbocycles. The van der Waals surface area contributed by atoms with Crippen LogP contribution in [0.15, 0.2) is 212 Å². The number of hydrogen-bond acceptors (Lipinski definition) is 2. The summed E-state index contributed by atoms with van der Waals surface area (Å²) in [6.45, 7) is 4.72. The number of benzene rings is 9. The molecule has 0 bridgehead atoms. The average molecular weight is 768 g/mol. The molecule has 0 fully saturated rings. The average Bonchev–Trinajstić information content (AvgIpc) is 3.72. The molecule has 0 saturated carbocycles. The molecule has 284 valence electrons. The lowest BCUT2D eigenvalue weighted by Crippen LogP contribution is -2.33. The van der Waals surface area contributed by atoms with Gasteiger partial charge >= 0.3 is 0 Å². The van der Waals surface area contributed by atoms with Gasteiger partial charge in [0.1, 0.15) is 11.5 Å². The number of ether oxygens (including phenoxy) is 1. The highest BCUT2D eigenvalue weighted by Gasteiger charge is 2.52. The van der Waals surface area contributed by atoms with E-state index in [4.69, 9.17) is 4.74 Å². The number of anilines is 3. The third kappa shape index (κ3) is 4.88. The maximum absolute atomic E-state index is 6.90. The first kappa shape index (κ1) is 34.6. The molecule has 3 aliphatic rings. The molecule has 0 saturated heterocycles. The van der Waals surface area contributed by atoms with Crippen molar-refractivity contribution in [1.82, 2.24) is 0 Å². The largest absolute Gasteiger partial charge is 0.457 e. The fraction of sp³-hybridized carbons (Fsp3) is 0.0690. The van der Waals surface area contributed by atoms with Gasteiger partial charge in [-0.25, -0.2) is 0 Å². The normalized spacial score (nSPS) is 15.8. The minimum absolute atomic E-state index is 0.141. The van der Waals surface area contributed by atoms with Crippen LogP contribution in [0.1, 0.15) is 47.2 Å². The molecule has 12 rings (SSSR count). The van der Waals surface area contributed by atoms with Crippen molar-refractivity contribution in [3.8, 4) is 56.0 Å². The van der Waals surface area contributed by atoms with E-state index in [2.05, 4.69) is 231 Å². The summed E-state index contributed by atoms with van der Waals surface area (Å²) in [5.74, 6) is 1.77. The highest BCUT2D eigenvalue weighted by molar-refractivity contribution is 5.94. The Balaban J connectivity index is 1.13. The maximum atomic E-state index is 6.90. The van der Waals surface area contributed by atoms with E-state index >= 15 is 0 Å². The number of para-hydroxylation sites is 1. The summed E-state index contributed by atoms with van der Waals surface area (Å²) in [6, 6.07) is 77.8. The quantitative estimate of drug-likeness (QED) is 0.173. The Morgan fingerprint density at radius 1 is 0.333 bits per heavy atom. The van der Waals surface area contributed by atoms with E-state index < -0.39 is 5.41 Å². The second kappa shape index (κ2) is 13.0. The molecule has 0 N–H and O–H groups in total. The summed E-state index contributed by atoms with van der Waals surface area (Å²) in [5, 5.41) is 0. The van der Waals surface area contributed by atoms with Gasteiger partial charge in [-0.3, -0.25) is 0 Å². The van der Waals surface area contributed by atoms with E-state index in [9.17, 15) is 0 Å². The van der Waals surface area contributed by atoms with Crippen molar-refractivity contribution in [3.05, 3.63) is 246 Å². The van der Waals surface area contributed by atoms with E-state index in [0.717, 1.165) is 34.1 Å². The Morgan fingerprint density at radius 3 is 1.53 bits per heavy atom. The highest BCUT2D eigenvalue weighted by atomic mass is 16.5. The highest BCUT2D eigenvalue weighted by Crippen LogP contribution is 2.64. The molecule has 1 atom stereocenters. The van der Waals surface area contributed by atoms with Crippen LogP contribution in [0, 0.1) is 0 Å². The summed E-state index contributed by atoms with van der Waals surface area (Å²) in [5.41, 5.74) is 20.0. The molecular formula is C58H41NO. The topological polar surface area (TPSA) is 12.5 Å². The van der Waals surface area contributed by atoms with E-state index in [1.807, 2.05) is 0 Å². The van der Waals surface area contributed by atoms with Crippen LogP contribution < -0.4 is 9.64 Å². The summed E-state index contributed by atoms with van der Waals surface area (Å²) in [6.07, 6.45) is 0. The molecule has 2 heteroatoms. The van der Waals surface area contributed by atoms with Crippen molar-refractivity contribution in [2.24, 2.45) is 0 Å². The van der Waals surface area contributed by atoms with Crippen LogP contribution in [0.4, 0.5) is 17.1 Å². The number of fused-ring (bicyclic) bond motifs is 12.